The van der Waals surface area contributed by atoms with Crippen molar-refractivity contribution in [3.05, 3.63) is 65.6 Å². The van der Waals surface area contributed by atoms with Crippen molar-refractivity contribution in [2.24, 2.45) is 7.05 Å². The lowest BCUT2D eigenvalue weighted by atomic mass is 9.95. The fourth-order valence-corrected chi connectivity index (χ4v) is 4.00. The Bertz CT molecular complexity index is 1200. The summed E-state index contributed by atoms with van der Waals surface area (Å²) in [6.07, 6.45) is 7.39. The number of rotatable bonds is 1. The van der Waals surface area contributed by atoms with Gasteiger partial charge in [0.05, 0.1) is 22.0 Å². The monoisotopic (exact) mass is 326 g/mol. The van der Waals surface area contributed by atoms with Crippen LogP contribution < -0.4 is 4.57 Å². The highest BCUT2D eigenvalue weighted by molar-refractivity contribution is 5.97. The van der Waals surface area contributed by atoms with Crippen LogP contribution in [0.25, 0.3) is 39.3 Å². The first-order chi connectivity index (χ1) is 12.1. The van der Waals surface area contributed by atoms with E-state index in [4.69, 9.17) is 4.98 Å². The molecule has 2 aromatic heterocycles. The molecule has 122 valence electrons. The summed E-state index contributed by atoms with van der Waals surface area (Å²) < 4.78 is 4.46. The molecule has 0 spiro atoms. The number of aryl methyl sites for hydroxylation is 2. The van der Waals surface area contributed by atoms with Crippen molar-refractivity contribution >= 4 is 28.0 Å². The van der Waals surface area contributed by atoms with Crippen molar-refractivity contribution in [1.82, 2.24) is 9.55 Å². The maximum absolute atomic E-state index is 4.87. The Labute approximate surface area is 146 Å². The zero-order valence-electron chi connectivity index (χ0n) is 14.7. The van der Waals surface area contributed by atoms with E-state index in [1.165, 1.54) is 38.7 Å². The van der Waals surface area contributed by atoms with Crippen LogP contribution in [-0.4, -0.2) is 9.55 Å². The topological polar surface area (TPSA) is 21.7 Å². The minimum absolute atomic E-state index is 0.921. The van der Waals surface area contributed by atoms with Crippen LogP contribution in [0.15, 0.2) is 48.7 Å². The van der Waals surface area contributed by atoms with Gasteiger partial charge in [0, 0.05) is 18.7 Å². The molecule has 0 saturated carbocycles. The number of hydrogen-bond acceptors (Lipinski definition) is 1. The average Bonchev–Trinajstić information content (AvgIpc) is 3.20. The van der Waals surface area contributed by atoms with E-state index in [2.05, 4.69) is 84.9 Å². The minimum Gasteiger partial charge on any atom is -0.303 e. The molecule has 0 atom stereocenters. The van der Waals surface area contributed by atoms with E-state index in [0.29, 0.717) is 0 Å². The Morgan fingerprint density at radius 1 is 1.08 bits per heavy atom. The van der Waals surface area contributed by atoms with E-state index in [9.17, 15) is 0 Å². The van der Waals surface area contributed by atoms with E-state index >= 15 is 0 Å². The van der Waals surface area contributed by atoms with Crippen LogP contribution in [0.3, 0.4) is 0 Å². The zero-order valence-corrected chi connectivity index (χ0v) is 14.7. The molecule has 1 aliphatic rings. The normalized spacial score (nSPS) is 13.1. The Morgan fingerprint density at radius 2 is 1.92 bits per heavy atom. The van der Waals surface area contributed by atoms with Crippen molar-refractivity contribution in [2.45, 2.75) is 20.3 Å². The van der Waals surface area contributed by atoms with Gasteiger partial charge >= 0.3 is 0 Å². The lowest BCUT2D eigenvalue weighted by Crippen LogP contribution is -2.30. The molecule has 3 heteroatoms. The first-order valence-corrected chi connectivity index (χ1v) is 8.70. The molecule has 3 nitrogen and oxygen atoms in total. The van der Waals surface area contributed by atoms with Gasteiger partial charge in [-0.3, -0.25) is 0 Å². The van der Waals surface area contributed by atoms with Gasteiger partial charge in [-0.15, -0.1) is 0 Å². The first kappa shape index (κ1) is 14.4. The van der Waals surface area contributed by atoms with Crippen LogP contribution in [0.2, 0.25) is 0 Å². The van der Waals surface area contributed by atoms with E-state index in [1.54, 1.807) is 0 Å². The summed E-state index contributed by atoms with van der Waals surface area (Å²) in [5, 5.41) is 2.55. The van der Waals surface area contributed by atoms with Gasteiger partial charge in [0.25, 0.3) is 0 Å². The van der Waals surface area contributed by atoms with E-state index in [1.807, 2.05) is 0 Å². The molecule has 0 saturated heterocycles. The molecular formula is C22H20N3+. The van der Waals surface area contributed by atoms with Crippen molar-refractivity contribution in [1.29, 1.82) is 0 Å². The van der Waals surface area contributed by atoms with Crippen molar-refractivity contribution in [3.8, 4) is 11.3 Å². The predicted octanol–water partition coefficient (Wildman–Crippen LogP) is 4.32. The fourth-order valence-electron chi connectivity index (χ4n) is 4.00. The van der Waals surface area contributed by atoms with E-state index in [-0.39, 0.29) is 0 Å². The maximum Gasteiger partial charge on any atom is 0.220 e. The third-order valence-corrected chi connectivity index (χ3v) is 5.48. The lowest BCUT2D eigenvalue weighted by Gasteiger charge is -2.11. The molecule has 3 heterocycles. The van der Waals surface area contributed by atoms with Gasteiger partial charge in [-0.1, -0.05) is 24.3 Å². The third-order valence-electron chi connectivity index (χ3n) is 5.48. The zero-order chi connectivity index (χ0) is 17.1. The largest absolute Gasteiger partial charge is 0.303 e. The van der Waals surface area contributed by atoms with Gasteiger partial charge in [0.15, 0.2) is 6.20 Å². The molecular weight excluding hydrogens is 306 g/mol. The molecule has 0 fully saturated rings. The summed E-state index contributed by atoms with van der Waals surface area (Å²) >= 11 is 0. The Kier molecular flexibility index (Phi) is 2.90. The summed E-state index contributed by atoms with van der Waals surface area (Å²) in [7, 11) is 2.13. The number of hydrogen-bond donors (Lipinski definition) is 0. The highest BCUT2D eigenvalue weighted by Crippen LogP contribution is 2.34. The number of pyridine rings is 1. The summed E-state index contributed by atoms with van der Waals surface area (Å²) in [5.41, 5.74) is 7.46. The van der Waals surface area contributed by atoms with E-state index in [0.717, 1.165) is 17.8 Å². The van der Waals surface area contributed by atoms with Gasteiger partial charge in [-0.25, -0.2) is 9.55 Å². The average molecular weight is 326 g/mol. The molecule has 1 aliphatic heterocycles. The highest BCUT2D eigenvalue weighted by atomic mass is 15.1. The molecule has 0 bridgehead atoms. The van der Waals surface area contributed by atoms with Crippen molar-refractivity contribution < 1.29 is 4.57 Å². The molecule has 0 unspecified atom stereocenters. The van der Waals surface area contributed by atoms with Crippen LogP contribution in [0, 0.1) is 13.8 Å². The number of fused-ring (bicyclic) bond motifs is 4. The molecule has 0 amide bonds. The predicted molar refractivity (Wildman–Crippen MR) is 102 cm³/mol. The van der Waals surface area contributed by atoms with Crippen molar-refractivity contribution in [3.63, 3.8) is 0 Å². The summed E-state index contributed by atoms with van der Waals surface area (Å²) in [4.78, 5) is 4.87. The SMILES string of the molecule is Cc1c(-c2c3ccccc3cc[n+]2C)cc2c(nc3n2C=CC3)c1C. The number of imidazole rings is 1. The second-order valence-corrected chi connectivity index (χ2v) is 6.89. The Hall–Kier alpha value is -2.94. The summed E-state index contributed by atoms with van der Waals surface area (Å²) in [6, 6.07) is 13.1. The summed E-state index contributed by atoms with van der Waals surface area (Å²) in [5.74, 6) is 1.14. The minimum atomic E-state index is 0.921. The second-order valence-electron chi connectivity index (χ2n) is 6.89. The molecule has 4 aromatic rings. The lowest BCUT2D eigenvalue weighted by molar-refractivity contribution is -0.659. The number of allylic oxidation sites excluding steroid dienone is 1. The summed E-state index contributed by atoms with van der Waals surface area (Å²) in [6.45, 7) is 4.41. The van der Waals surface area contributed by atoms with Crippen LogP contribution in [-0.2, 0) is 13.5 Å². The molecule has 25 heavy (non-hydrogen) atoms. The fraction of sp³-hybridized carbons (Fsp3) is 0.182. The van der Waals surface area contributed by atoms with Gasteiger partial charge in [-0.2, -0.15) is 0 Å². The standard InChI is InChI=1S/C22H20N3/c1-14-15(2)21-19(25-11-6-9-20(25)23-21)13-18(14)22-17-8-5-4-7-16(17)10-12-24(22)3/h4-8,10-13H,9H2,1-3H3/q+1. The molecule has 0 aliphatic carbocycles. The number of nitrogens with zero attached hydrogens (tertiary/aromatic N) is 3. The molecule has 0 N–H and O–H groups in total. The van der Waals surface area contributed by atoms with Crippen LogP contribution in [0.5, 0.6) is 0 Å². The van der Waals surface area contributed by atoms with Gasteiger partial charge in [0.1, 0.15) is 12.9 Å². The molecule has 5 rings (SSSR count). The van der Waals surface area contributed by atoms with Crippen molar-refractivity contribution in [2.75, 3.05) is 0 Å². The first-order valence-electron chi connectivity index (χ1n) is 8.70. The van der Waals surface area contributed by atoms with Gasteiger partial charge in [0.2, 0.25) is 5.69 Å². The van der Waals surface area contributed by atoms with Gasteiger partial charge in [-0.05, 0) is 42.5 Å². The van der Waals surface area contributed by atoms with Crippen LogP contribution in [0.1, 0.15) is 17.0 Å². The molecule has 0 radical (unpaired) electrons. The molecule has 2 aromatic carbocycles. The van der Waals surface area contributed by atoms with Gasteiger partial charge < -0.3 is 4.57 Å². The highest BCUT2D eigenvalue weighted by Gasteiger charge is 2.22. The smallest absolute Gasteiger partial charge is 0.220 e. The quantitative estimate of drug-likeness (QED) is 0.477. The number of aromatic nitrogens is 3. The Balaban J connectivity index is 1.92. The number of benzene rings is 2. The second kappa shape index (κ2) is 5.03. The maximum atomic E-state index is 4.87. The van der Waals surface area contributed by atoms with Crippen LogP contribution in [0.4, 0.5) is 0 Å². The van der Waals surface area contributed by atoms with Crippen LogP contribution >= 0.6 is 0 Å². The van der Waals surface area contributed by atoms with E-state index < -0.39 is 0 Å². The third kappa shape index (κ3) is 1.92. The Morgan fingerprint density at radius 3 is 2.80 bits per heavy atom.